The minimum absolute atomic E-state index is 0.292. The molecule has 0 aromatic heterocycles. The SMILES string of the molecule is COc1ccc(C(=O)Nc2ccc(N3CCOCC3)cc2C(=O)NN=Cc2ccc(C)c(C)c2)cc1OC. The molecule has 2 amide bonds. The van der Waals surface area contributed by atoms with Crippen molar-refractivity contribution in [2.75, 3.05) is 50.7 Å². The minimum Gasteiger partial charge on any atom is -0.493 e. The molecule has 198 valence electrons. The van der Waals surface area contributed by atoms with Gasteiger partial charge in [-0.25, -0.2) is 5.43 Å². The quantitative estimate of drug-likeness (QED) is 0.344. The van der Waals surface area contributed by atoms with Crippen LogP contribution in [-0.4, -0.2) is 58.6 Å². The molecule has 0 bridgehead atoms. The molecule has 1 saturated heterocycles. The van der Waals surface area contributed by atoms with Gasteiger partial charge in [0.1, 0.15) is 0 Å². The average Bonchev–Trinajstić information content (AvgIpc) is 2.95. The summed E-state index contributed by atoms with van der Waals surface area (Å²) in [6.45, 7) is 6.71. The molecular weight excluding hydrogens is 484 g/mol. The number of amides is 2. The van der Waals surface area contributed by atoms with Crippen molar-refractivity contribution in [3.8, 4) is 11.5 Å². The second-order valence-electron chi connectivity index (χ2n) is 8.90. The number of methoxy groups -OCH3 is 2. The number of rotatable bonds is 8. The number of hydrogen-bond acceptors (Lipinski definition) is 7. The second-order valence-corrected chi connectivity index (χ2v) is 8.90. The van der Waals surface area contributed by atoms with Gasteiger partial charge >= 0.3 is 0 Å². The van der Waals surface area contributed by atoms with Gasteiger partial charge in [-0.15, -0.1) is 0 Å². The van der Waals surface area contributed by atoms with Crippen LogP contribution >= 0.6 is 0 Å². The van der Waals surface area contributed by atoms with Crippen LogP contribution in [0.4, 0.5) is 11.4 Å². The Morgan fingerprint density at radius 1 is 0.895 bits per heavy atom. The maximum absolute atomic E-state index is 13.3. The first kappa shape index (κ1) is 26.7. The normalized spacial score (nSPS) is 13.3. The Morgan fingerprint density at radius 2 is 1.66 bits per heavy atom. The Morgan fingerprint density at radius 3 is 2.37 bits per heavy atom. The zero-order valence-electron chi connectivity index (χ0n) is 22.0. The molecule has 1 heterocycles. The van der Waals surface area contributed by atoms with E-state index < -0.39 is 11.8 Å². The maximum atomic E-state index is 13.3. The maximum Gasteiger partial charge on any atom is 0.273 e. The third-order valence-corrected chi connectivity index (χ3v) is 6.43. The highest BCUT2D eigenvalue weighted by molar-refractivity contribution is 6.09. The Labute approximate surface area is 222 Å². The van der Waals surface area contributed by atoms with Crippen molar-refractivity contribution in [2.24, 2.45) is 5.10 Å². The molecular formula is C29H32N4O5. The number of hydrogen-bond donors (Lipinski definition) is 2. The van der Waals surface area contributed by atoms with E-state index in [-0.39, 0.29) is 0 Å². The first-order valence-electron chi connectivity index (χ1n) is 12.3. The lowest BCUT2D eigenvalue weighted by molar-refractivity contribution is 0.0956. The molecule has 0 unspecified atom stereocenters. The first-order valence-corrected chi connectivity index (χ1v) is 12.3. The molecule has 38 heavy (non-hydrogen) atoms. The Hall–Kier alpha value is -4.37. The molecule has 9 nitrogen and oxygen atoms in total. The summed E-state index contributed by atoms with van der Waals surface area (Å²) in [6.07, 6.45) is 1.60. The van der Waals surface area contributed by atoms with Crippen molar-refractivity contribution in [3.05, 3.63) is 82.4 Å². The number of nitrogens with one attached hydrogen (secondary N) is 2. The Bertz CT molecular complexity index is 1350. The monoisotopic (exact) mass is 516 g/mol. The third kappa shape index (κ3) is 6.30. The molecule has 3 aromatic rings. The zero-order chi connectivity index (χ0) is 27.1. The third-order valence-electron chi connectivity index (χ3n) is 6.43. The van der Waals surface area contributed by atoms with Crippen LogP contribution in [0.2, 0.25) is 0 Å². The fourth-order valence-corrected chi connectivity index (χ4v) is 4.09. The van der Waals surface area contributed by atoms with Crippen LogP contribution in [0.25, 0.3) is 0 Å². The number of carbonyl (C=O) groups excluding carboxylic acids is 2. The van der Waals surface area contributed by atoms with E-state index in [4.69, 9.17) is 14.2 Å². The van der Waals surface area contributed by atoms with Gasteiger partial charge in [0.15, 0.2) is 11.5 Å². The van der Waals surface area contributed by atoms with Gasteiger partial charge in [-0.2, -0.15) is 5.10 Å². The number of ether oxygens (including phenoxy) is 3. The molecule has 0 radical (unpaired) electrons. The van der Waals surface area contributed by atoms with Gasteiger partial charge in [-0.3, -0.25) is 9.59 Å². The molecule has 1 aliphatic heterocycles. The molecule has 1 fully saturated rings. The summed E-state index contributed by atoms with van der Waals surface area (Å²) >= 11 is 0. The zero-order valence-corrected chi connectivity index (χ0v) is 22.0. The van der Waals surface area contributed by atoms with E-state index in [1.54, 1.807) is 36.5 Å². The summed E-state index contributed by atoms with van der Waals surface area (Å²) < 4.78 is 16.0. The summed E-state index contributed by atoms with van der Waals surface area (Å²) in [5, 5.41) is 7.01. The molecule has 1 aliphatic rings. The van der Waals surface area contributed by atoms with Crippen LogP contribution in [0.5, 0.6) is 11.5 Å². The minimum atomic E-state index is -0.442. The molecule has 0 atom stereocenters. The van der Waals surface area contributed by atoms with E-state index in [9.17, 15) is 9.59 Å². The standard InChI is InChI=1S/C29H32N4O5/c1-19-5-6-21(15-20(19)2)18-30-32-29(35)24-17-23(33-11-13-38-14-12-33)8-9-25(24)31-28(34)22-7-10-26(36-3)27(16-22)37-4/h5-10,15-18H,11-14H2,1-4H3,(H,31,34)(H,32,35). The summed E-state index contributed by atoms with van der Waals surface area (Å²) in [6, 6.07) is 16.2. The van der Waals surface area contributed by atoms with Gasteiger partial charge in [-0.05, 0) is 66.9 Å². The summed E-state index contributed by atoms with van der Waals surface area (Å²) in [5.41, 5.74) is 7.67. The van der Waals surface area contributed by atoms with Gasteiger partial charge in [0.25, 0.3) is 11.8 Å². The fourth-order valence-electron chi connectivity index (χ4n) is 4.09. The van der Waals surface area contributed by atoms with E-state index in [0.717, 1.165) is 16.8 Å². The lowest BCUT2D eigenvalue weighted by Gasteiger charge is -2.29. The van der Waals surface area contributed by atoms with Crippen molar-refractivity contribution in [3.63, 3.8) is 0 Å². The van der Waals surface area contributed by atoms with Crippen molar-refractivity contribution in [1.82, 2.24) is 5.43 Å². The van der Waals surface area contributed by atoms with E-state index in [0.29, 0.717) is 54.6 Å². The van der Waals surface area contributed by atoms with Gasteiger partial charge in [-0.1, -0.05) is 18.2 Å². The van der Waals surface area contributed by atoms with Gasteiger partial charge < -0.3 is 24.4 Å². The molecule has 0 saturated carbocycles. The highest BCUT2D eigenvalue weighted by atomic mass is 16.5. The predicted molar refractivity (Wildman–Crippen MR) is 148 cm³/mol. The number of anilines is 2. The highest BCUT2D eigenvalue weighted by Gasteiger charge is 2.19. The number of hydrazone groups is 1. The van der Waals surface area contributed by atoms with Crippen LogP contribution < -0.4 is 25.1 Å². The van der Waals surface area contributed by atoms with Crippen LogP contribution in [-0.2, 0) is 4.74 Å². The Kier molecular flexibility index (Phi) is 8.60. The topological polar surface area (TPSA) is 101 Å². The van der Waals surface area contributed by atoms with Crippen molar-refractivity contribution in [2.45, 2.75) is 13.8 Å². The van der Waals surface area contributed by atoms with Crippen molar-refractivity contribution >= 4 is 29.4 Å². The molecule has 4 rings (SSSR count). The Balaban J connectivity index is 1.59. The highest BCUT2D eigenvalue weighted by Crippen LogP contribution is 2.29. The lowest BCUT2D eigenvalue weighted by Crippen LogP contribution is -2.36. The van der Waals surface area contributed by atoms with E-state index in [2.05, 4.69) is 20.7 Å². The van der Waals surface area contributed by atoms with Crippen LogP contribution in [0, 0.1) is 13.8 Å². The number of benzene rings is 3. The fraction of sp³-hybridized carbons (Fsp3) is 0.276. The molecule has 3 aromatic carbocycles. The second kappa shape index (κ2) is 12.2. The molecule has 9 heteroatoms. The lowest BCUT2D eigenvalue weighted by atomic mass is 10.1. The van der Waals surface area contributed by atoms with Gasteiger partial charge in [0, 0.05) is 24.3 Å². The molecule has 0 aliphatic carbocycles. The predicted octanol–water partition coefficient (Wildman–Crippen LogP) is 4.17. The first-order chi connectivity index (χ1) is 18.4. The smallest absolute Gasteiger partial charge is 0.273 e. The number of carbonyl (C=O) groups is 2. The van der Waals surface area contributed by atoms with E-state index in [1.807, 2.05) is 38.1 Å². The summed E-state index contributed by atoms with van der Waals surface area (Å²) in [7, 11) is 3.03. The largest absolute Gasteiger partial charge is 0.493 e. The molecule has 2 N–H and O–H groups in total. The summed E-state index contributed by atoms with van der Waals surface area (Å²) in [4.78, 5) is 28.5. The van der Waals surface area contributed by atoms with Crippen LogP contribution in [0.1, 0.15) is 37.4 Å². The number of aryl methyl sites for hydroxylation is 2. The van der Waals surface area contributed by atoms with Crippen molar-refractivity contribution < 1.29 is 23.8 Å². The molecule has 0 spiro atoms. The van der Waals surface area contributed by atoms with E-state index >= 15 is 0 Å². The number of morpholine rings is 1. The van der Waals surface area contributed by atoms with Crippen LogP contribution in [0.3, 0.4) is 0 Å². The van der Waals surface area contributed by atoms with Gasteiger partial charge in [0.05, 0.1) is 44.9 Å². The summed E-state index contributed by atoms with van der Waals surface area (Å²) in [5.74, 6) is 0.114. The van der Waals surface area contributed by atoms with Crippen LogP contribution in [0.15, 0.2) is 59.7 Å². The van der Waals surface area contributed by atoms with Gasteiger partial charge in [0.2, 0.25) is 0 Å². The van der Waals surface area contributed by atoms with Crippen molar-refractivity contribution in [1.29, 1.82) is 0 Å². The number of nitrogens with zero attached hydrogens (tertiary/aromatic N) is 2. The van der Waals surface area contributed by atoms with E-state index in [1.165, 1.54) is 19.8 Å². The average molecular weight is 517 g/mol.